The molecular weight excluding hydrogens is 240 g/mol. The van der Waals surface area contributed by atoms with Gasteiger partial charge in [-0.25, -0.2) is 4.72 Å². The zero-order valence-electron chi connectivity index (χ0n) is 10.6. The molecule has 1 N–H and O–H groups in total. The summed E-state index contributed by atoms with van der Waals surface area (Å²) in [6, 6.07) is 0. The van der Waals surface area contributed by atoms with Gasteiger partial charge in [0.05, 0.1) is 13.2 Å². The molecule has 2 rings (SSSR count). The Labute approximate surface area is 104 Å². The van der Waals surface area contributed by atoms with Gasteiger partial charge in [0.2, 0.25) is 0 Å². The highest BCUT2D eigenvalue weighted by Crippen LogP contribution is 2.26. The van der Waals surface area contributed by atoms with Crippen LogP contribution in [0.25, 0.3) is 0 Å². The van der Waals surface area contributed by atoms with Crippen LogP contribution in [0.3, 0.4) is 0 Å². The maximum Gasteiger partial charge on any atom is 0.279 e. The third-order valence-corrected chi connectivity index (χ3v) is 5.06. The van der Waals surface area contributed by atoms with Crippen molar-refractivity contribution >= 4 is 10.2 Å². The summed E-state index contributed by atoms with van der Waals surface area (Å²) in [4.78, 5) is 0. The van der Waals surface area contributed by atoms with Gasteiger partial charge in [0, 0.05) is 25.0 Å². The van der Waals surface area contributed by atoms with E-state index in [0.717, 1.165) is 12.8 Å². The van der Waals surface area contributed by atoms with E-state index in [0.29, 0.717) is 38.8 Å². The molecule has 0 amide bonds. The molecule has 17 heavy (non-hydrogen) atoms. The fourth-order valence-corrected chi connectivity index (χ4v) is 3.81. The van der Waals surface area contributed by atoms with Gasteiger partial charge in [0.25, 0.3) is 10.2 Å². The summed E-state index contributed by atoms with van der Waals surface area (Å²) >= 11 is 0. The topological polar surface area (TPSA) is 58.6 Å². The lowest BCUT2D eigenvalue weighted by atomic mass is 9.89. The van der Waals surface area contributed by atoms with Gasteiger partial charge in [-0.05, 0) is 18.8 Å². The first kappa shape index (κ1) is 13.3. The van der Waals surface area contributed by atoms with Gasteiger partial charge in [-0.2, -0.15) is 12.7 Å². The third kappa shape index (κ3) is 3.19. The van der Waals surface area contributed by atoms with Crippen LogP contribution in [0.4, 0.5) is 0 Å². The van der Waals surface area contributed by atoms with Crippen molar-refractivity contribution in [1.29, 1.82) is 0 Å². The van der Waals surface area contributed by atoms with E-state index in [-0.39, 0.29) is 5.41 Å². The summed E-state index contributed by atoms with van der Waals surface area (Å²) in [5, 5.41) is 0. The number of nitrogens with one attached hydrogen (secondary N) is 1. The first-order valence-electron chi connectivity index (χ1n) is 6.24. The molecule has 2 heterocycles. The summed E-state index contributed by atoms with van der Waals surface area (Å²) < 4.78 is 33.6. The van der Waals surface area contributed by atoms with Crippen molar-refractivity contribution < 1.29 is 13.2 Å². The summed E-state index contributed by atoms with van der Waals surface area (Å²) in [6.07, 6.45) is 2.08. The minimum Gasteiger partial charge on any atom is -0.380 e. The Balaban J connectivity index is 1.89. The third-order valence-electron chi connectivity index (χ3n) is 3.54. The van der Waals surface area contributed by atoms with Crippen LogP contribution >= 0.6 is 0 Å². The molecule has 2 aliphatic rings. The van der Waals surface area contributed by atoms with Gasteiger partial charge in [-0.3, -0.25) is 0 Å². The molecule has 0 radical (unpaired) electrons. The van der Waals surface area contributed by atoms with E-state index in [4.69, 9.17) is 4.74 Å². The molecule has 0 saturated carbocycles. The largest absolute Gasteiger partial charge is 0.380 e. The zero-order valence-corrected chi connectivity index (χ0v) is 11.4. The van der Waals surface area contributed by atoms with Crippen molar-refractivity contribution in [2.45, 2.75) is 26.7 Å². The van der Waals surface area contributed by atoms with Gasteiger partial charge < -0.3 is 4.74 Å². The fourth-order valence-electron chi connectivity index (χ4n) is 2.27. The lowest BCUT2D eigenvalue weighted by Gasteiger charge is -2.39. The van der Waals surface area contributed by atoms with Crippen LogP contribution in [0, 0.1) is 11.3 Å². The molecule has 0 aliphatic carbocycles. The quantitative estimate of drug-likeness (QED) is 0.806. The van der Waals surface area contributed by atoms with Crippen molar-refractivity contribution in [3.63, 3.8) is 0 Å². The highest BCUT2D eigenvalue weighted by Gasteiger charge is 2.36. The second kappa shape index (κ2) is 4.84. The summed E-state index contributed by atoms with van der Waals surface area (Å²) in [5.74, 6) is 0.461. The molecule has 1 atom stereocenters. The van der Waals surface area contributed by atoms with E-state index in [9.17, 15) is 8.42 Å². The van der Waals surface area contributed by atoms with E-state index in [1.165, 1.54) is 0 Å². The molecule has 2 fully saturated rings. The Hall–Kier alpha value is -0.170. The SMILES string of the molecule is C[C@@H]1CCCN(S(=O)(=O)NCC2(C)COC2)C1. The van der Waals surface area contributed by atoms with Crippen LogP contribution in [-0.4, -0.2) is 45.6 Å². The van der Waals surface area contributed by atoms with E-state index in [1.54, 1.807) is 4.31 Å². The molecule has 5 nitrogen and oxygen atoms in total. The number of rotatable bonds is 4. The predicted molar refractivity (Wildman–Crippen MR) is 65.8 cm³/mol. The molecular formula is C11H22N2O3S. The maximum absolute atomic E-state index is 12.1. The van der Waals surface area contributed by atoms with Crippen molar-refractivity contribution in [3.05, 3.63) is 0 Å². The lowest BCUT2D eigenvalue weighted by molar-refractivity contribution is -0.0967. The van der Waals surface area contributed by atoms with Crippen LogP contribution in [0.1, 0.15) is 26.7 Å². The minimum atomic E-state index is -3.30. The van der Waals surface area contributed by atoms with Gasteiger partial charge in [0.15, 0.2) is 0 Å². The molecule has 0 unspecified atom stereocenters. The Bertz CT molecular complexity index is 365. The Morgan fingerprint density at radius 3 is 2.71 bits per heavy atom. The lowest BCUT2D eigenvalue weighted by Crippen LogP contribution is -2.52. The Morgan fingerprint density at radius 2 is 2.18 bits per heavy atom. The highest BCUT2D eigenvalue weighted by molar-refractivity contribution is 7.87. The average Bonchev–Trinajstić information content (AvgIpc) is 2.24. The van der Waals surface area contributed by atoms with Crippen molar-refractivity contribution in [1.82, 2.24) is 9.03 Å². The first-order valence-corrected chi connectivity index (χ1v) is 7.68. The van der Waals surface area contributed by atoms with Crippen LogP contribution in [0.15, 0.2) is 0 Å². The van der Waals surface area contributed by atoms with Crippen molar-refractivity contribution in [2.75, 3.05) is 32.8 Å². The molecule has 2 saturated heterocycles. The minimum absolute atomic E-state index is 0.0194. The normalized spacial score (nSPS) is 29.9. The summed E-state index contributed by atoms with van der Waals surface area (Å²) in [7, 11) is -3.30. The number of ether oxygens (including phenoxy) is 1. The molecule has 0 aromatic carbocycles. The van der Waals surface area contributed by atoms with E-state index >= 15 is 0 Å². The molecule has 0 spiro atoms. The zero-order chi connectivity index (χ0) is 12.5. The van der Waals surface area contributed by atoms with Crippen LogP contribution in [0.5, 0.6) is 0 Å². The predicted octanol–water partition coefficient (Wildman–Crippen LogP) is 0.589. The van der Waals surface area contributed by atoms with Gasteiger partial charge in [-0.1, -0.05) is 13.8 Å². The smallest absolute Gasteiger partial charge is 0.279 e. The molecule has 6 heteroatoms. The molecule has 0 bridgehead atoms. The van der Waals surface area contributed by atoms with Crippen molar-refractivity contribution in [2.24, 2.45) is 11.3 Å². The maximum atomic E-state index is 12.1. The fraction of sp³-hybridized carbons (Fsp3) is 1.00. The second-order valence-corrected chi connectivity index (χ2v) is 7.49. The number of piperidine rings is 1. The Morgan fingerprint density at radius 1 is 1.47 bits per heavy atom. The monoisotopic (exact) mass is 262 g/mol. The van der Waals surface area contributed by atoms with Crippen LogP contribution < -0.4 is 4.72 Å². The highest BCUT2D eigenvalue weighted by atomic mass is 32.2. The van der Waals surface area contributed by atoms with Crippen LogP contribution in [-0.2, 0) is 14.9 Å². The number of nitrogens with zero attached hydrogens (tertiary/aromatic N) is 1. The van der Waals surface area contributed by atoms with Gasteiger partial charge >= 0.3 is 0 Å². The number of hydrogen-bond donors (Lipinski definition) is 1. The van der Waals surface area contributed by atoms with Crippen LogP contribution in [0.2, 0.25) is 0 Å². The summed E-state index contributed by atoms with van der Waals surface area (Å²) in [5.41, 5.74) is -0.0194. The molecule has 0 aromatic heterocycles. The molecule has 2 aliphatic heterocycles. The molecule has 0 aromatic rings. The van der Waals surface area contributed by atoms with Gasteiger partial charge in [-0.15, -0.1) is 0 Å². The van der Waals surface area contributed by atoms with E-state index in [1.807, 2.05) is 6.92 Å². The van der Waals surface area contributed by atoms with E-state index in [2.05, 4.69) is 11.6 Å². The van der Waals surface area contributed by atoms with Gasteiger partial charge in [0.1, 0.15) is 0 Å². The Kier molecular flexibility index (Phi) is 3.77. The second-order valence-electron chi connectivity index (χ2n) is 5.74. The van der Waals surface area contributed by atoms with E-state index < -0.39 is 10.2 Å². The van der Waals surface area contributed by atoms with Crippen molar-refractivity contribution in [3.8, 4) is 0 Å². The standard InChI is InChI=1S/C11H22N2O3S/c1-10-4-3-5-13(6-10)17(14,15)12-7-11(2)8-16-9-11/h10,12H,3-9H2,1-2H3/t10-/m1/s1. The summed E-state index contributed by atoms with van der Waals surface area (Å²) in [6.45, 7) is 7.19. The average molecular weight is 262 g/mol. The number of hydrogen-bond acceptors (Lipinski definition) is 3. The first-order chi connectivity index (χ1) is 7.91. The molecule has 100 valence electrons.